The third-order valence-electron chi connectivity index (χ3n) is 3.08. The molecule has 0 radical (unpaired) electrons. The fourth-order valence-corrected chi connectivity index (χ4v) is 2.06. The molecule has 106 valence electrons. The van der Waals surface area contributed by atoms with Crippen LogP contribution in [0.2, 0.25) is 0 Å². The summed E-state index contributed by atoms with van der Waals surface area (Å²) in [6.45, 7) is 3.30. The molecule has 0 saturated carbocycles. The van der Waals surface area contributed by atoms with Gasteiger partial charge in [-0.2, -0.15) is 13.8 Å². The zero-order chi connectivity index (χ0) is 14.4. The quantitative estimate of drug-likeness (QED) is 0.814. The summed E-state index contributed by atoms with van der Waals surface area (Å²) in [6.07, 6.45) is -3.82. The first-order valence-corrected chi connectivity index (χ1v) is 5.81. The van der Waals surface area contributed by atoms with Crippen LogP contribution in [0.5, 0.6) is 0 Å². The van der Waals surface area contributed by atoms with Crippen molar-refractivity contribution in [3.8, 4) is 0 Å². The second-order valence-electron chi connectivity index (χ2n) is 4.86. The Kier molecular flexibility index (Phi) is 3.31. The van der Waals surface area contributed by atoms with E-state index in [1.54, 1.807) is 13.8 Å². The predicted molar refractivity (Wildman–Crippen MR) is 62.6 cm³/mol. The van der Waals surface area contributed by atoms with E-state index in [0.29, 0.717) is 4.57 Å². The molecule has 0 aliphatic carbocycles. The number of nitrogens with two attached hydrogens (primary N) is 1. The van der Waals surface area contributed by atoms with Crippen LogP contribution in [-0.4, -0.2) is 32.8 Å². The number of aromatic nitrogens is 2. The maximum atomic E-state index is 14.0. The monoisotopic (exact) mass is 275 g/mol. The van der Waals surface area contributed by atoms with Crippen LogP contribution in [0.1, 0.15) is 20.1 Å². The van der Waals surface area contributed by atoms with Gasteiger partial charge in [0.05, 0.1) is 6.10 Å². The number of anilines is 1. The third-order valence-corrected chi connectivity index (χ3v) is 3.08. The Morgan fingerprint density at radius 2 is 2.21 bits per heavy atom. The Morgan fingerprint density at radius 3 is 2.68 bits per heavy atom. The van der Waals surface area contributed by atoms with Crippen LogP contribution in [0.25, 0.3) is 0 Å². The molecule has 0 unspecified atom stereocenters. The summed E-state index contributed by atoms with van der Waals surface area (Å²) < 4.78 is 33.8. The third kappa shape index (κ3) is 2.21. The lowest BCUT2D eigenvalue weighted by Gasteiger charge is -2.21. The normalized spacial score (nSPS) is 29.9. The summed E-state index contributed by atoms with van der Waals surface area (Å²) >= 11 is 0. The predicted octanol–water partition coefficient (Wildman–Crippen LogP) is 0.375. The molecule has 0 bridgehead atoms. The van der Waals surface area contributed by atoms with E-state index in [1.165, 1.54) is 6.07 Å². The van der Waals surface area contributed by atoms with Crippen LogP contribution in [0.15, 0.2) is 17.1 Å². The van der Waals surface area contributed by atoms with Gasteiger partial charge in [-0.3, -0.25) is 4.57 Å². The summed E-state index contributed by atoms with van der Waals surface area (Å²) in [6, 6.07) is 1.22. The van der Waals surface area contributed by atoms with Crippen LogP contribution in [-0.2, 0) is 4.74 Å². The number of halogens is 2. The fourth-order valence-electron chi connectivity index (χ4n) is 2.06. The van der Waals surface area contributed by atoms with Gasteiger partial charge < -0.3 is 15.6 Å². The summed E-state index contributed by atoms with van der Waals surface area (Å²) in [5, 5.41) is 9.63. The SMILES string of the molecule is CC(C)[C@@H]1O[C@@H](n2ccc(N)nc2=O)C(F)(F)[C@@H]1O. The molecule has 0 aromatic carbocycles. The molecule has 8 heteroatoms. The second kappa shape index (κ2) is 4.53. The van der Waals surface area contributed by atoms with Crippen LogP contribution in [0.4, 0.5) is 14.6 Å². The van der Waals surface area contributed by atoms with Crippen molar-refractivity contribution >= 4 is 5.82 Å². The standard InChI is InChI=1S/C11H15F2N3O3/c1-5(2)7-8(17)11(12,13)9(19-7)16-4-3-6(14)15-10(16)18/h3-5,7-9,17H,1-2H3,(H2,14,15,18)/t7-,8+,9+/m0/s1. The Labute approximate surface area is 107 Å². The number of alkyl halides is 2. The maximum absolute atomic E-state index is 14.0. The van der Waals surface area contributed by atoms with E-state index >= 15 is 0 Å². The lowest BCUT2D eigenvalue weighted by Crippen LogP contribution is -2.42. The Bertz CT molecular complexity index is 532. The molecule has 1 aliphatic heterocycles. The van der Waals surface area contributed by atoms with Gasteiger partial charge in [0.1, 0.15) is 11.9 Å². The van der Waals surface area contributed by atoms with Gasteiger partial charge in [-0.25, -0.2) is 4.79 Å². The van der Waals surface area contributed by atoms with E-state index in [9.17, 15) is 18.7 Å². The van der Waals surface area contributed by atoms with Crippen molar-refractivity contribution in [2.75, 3.05) is 5.73 Å². The van der Waals surface area contributed by atoms with Gasteiger partial charge in [0.15, 0.2) is 0 Å². The van der Waals surface area contributed by atoms with Crippen LogP contribution in [0, 0.1) is 5.92 Å². The highest BCUT2D eigenvalue weighted by Gasteiger charge is 2.60. The molecule has 3 atom stereocenters. The minimum Gasteiger partial charge on any atom is -0.384 e. The zero-order valence-electron chi connectivity index (χ0n) is 10.5. The van der Waals surface area contributed by atoms with Crippen LogP contribution in [0.3, 0.4) is 0 Å². The van der Waals surface area contributed by atoms with E-state index in [-0.39, 0.29) is 11.7 Å². The van der Waals surface area contributed by atoms with E-state index in [2.05, 4.69) is 4.98 Å². The van der Waals surface area contributed by atoms with Crippen molar-refractivity contribution in [2.24, 2.45) is 5.92 Å². The number of aliphatic hydroxyl groups excluding tert-OH is 1. The van der Waals surface area contributed by atoms with Crippen LogP contribution < -0.4 is 11.4 Å². The van der Waals surface area contributed by atoms with Gasteiger partial charge in [0.25, 0.3) is 0 Å². The van der Waals surface area contributed by atoms with E-state index in [1.807, 2.05) is 0 Å². The molecule has 6 nitrogen and oxygen atoms in total. The highest BCUT2D eigenvalue weighted by Crippen LogP contribution is 2.44. The van der Waals surface area contributed by atoms with Crippen molar-refractivity contribution in [1.29, 1.82) is 0 Å². The number of nitrogens with zero attached hydrogens (tertiary/aromatic N) is 2. The number of rotatable bonds is 2. The average molecular weight is 275 g/mol. The lowest BCUT2D eigenvalue weighted by atomic mass is 10.00. The van der Waals surface area contributed by atoms with E-state index in [4.69, 9.17) is 10.5 Å². The molecular formula is C11H15F2N3O3. The largest absolute Gasteiger partial charge is 0.384 e. The molecule has 2 heterocycles. The number of nitrogen functional groups attached to an aromatic ring is 1. The average Bonchev–Trinajstić information content (AvgIpc) is 2.52. The molecule has 1 fully saturated rings. The highest BCUT2D eigenvalue weighted by atomic mass is 19.3. The first-order chi connectivity index (χ1) is 8.75. The molecule has 1 saturated heterocycles. The minimum atomic E-state index is -3.57. The molecule has 1 aliphatic rings. The van der Waals surface area contributed by atoms with Gasteiger partial charge in [0, 0.05) is 6.20 Å². The maximum Gasteiger partial charge on any atom is 0.351 e. The fraction of sp³-hybridized carbons (Fsp3) is 0.636. The molecule has 1 aromatic heterocycles. The first-order valence-electron chi connectivity index (χ1n) is 5.81. The molecule has 1 aromatic rings. The molecule has 19 heavy (non-hydrogen) atoms. The van der Waals surface area contributed by atoms with Crippen molar-refractivity contribution in [2.45, 2.75) is 38.2 Å². The summed E-state index contributed by atoms with van der Waals surface area (Å²) in [5.41, 5.74) is 4.35. The van der Waals surface area contributed by atoms with Gasteiger partial charge in [0.2, 0.25) is 6.23 Å². The number of ether oxygens (including phenoxy) is 1. The van der Waals surface area contributed by atoms with Crippen LogP contribution >= 0.6 is 0 Å². The second-order valence-corrected chi connectivity index (χ2v) is 4.86. The van der Waals surface area contributed by atoms with Crippen molar-refractivity contribution in [3.05, 3.63) is 22.7 Å². The topological polar surface area (TPSA) is 90.4 Å². The van der Waals surface area contributed by atoms with Gasteiger partial charge in [-0.1, -0.05) is 13.8 Å². The van der Waals surface area contributed by atoms with Gasteiger partial charge >= 0.3 is 11.6 Å². The summed E-state index contributed by atoms with van der Waals surface area (Å²) in [7, 11) is 0. The highest BCUT2D eigenvalue weighted by molar-refractivity contribution is 5.23. The molecule has 3 N–H and O–H groups in total. The van der Waals surface area contributed by atoms with E-state index < -0.39 is 30.0 Å². The summed E-state index contributed by atoms with van der Waals surface area (Å²) in [5.74, 6) is -3.96. The smallest absolute Gasteiger partial charge is 0.351 e. The number of hydrogen-bond donors (Lipinski definition) is 2. The summed E-state index contributed by atoms with van der Waals surface area (Å²) in [4.78, 5) is 14.9. The van der Waals surface area contributed by atoms with E-state index in [0.717, 1.165) is 6.20 Å². The Morgan fingerprint density at radius 1 is 1.58 bits per heavy atom. The Hall–Kier alpha value is -1.54. The zero-order valence-corrected chi connectivity index (χ0v) is 10.5. The van der Waals surface area contributed by atoms with Gasteiger partial charge in [-0.05, 0) is 12.0 Å². The van der Waals surface area contributed by atoms with Gasteiger partial charge in [-0.15, -0.1) is 0 Å². The lowest BCUT2D eigenvalue weighted by molar-refractivity contribution is -0.141. The molecule has 2 rings (SSSR count). The van der Waals surface area contributed by atoms with Crippen molar-refractivity contribution in [1.82, 2.24) is 9.55 Å². The Balaban J connectivity index is 2.42. The van der Waals surface area contributed by atoms with Crippen molar-refractivity contribution in [3.63, 3.8) is 0 Å². The molecule has 0 amide bonds. The number of hydrogen-bond acceptors (Lipinski definition) is 5. The van der Waals surface area contributed by atoms with Crippen molar-refractivity contribution < 1.29 is 18.6 Å². The minimum absolute atomic E-state index is 0.0662. The molecule has 0 spiro atoms. The molecular weight excluding hydrogens is 260 g/mol. The first kappa shape index (κ1) is 13.9. The number of aliphatic hydroxyl groups is 1.